The molecule has 1 aliphatic carbocycles. The van der Waals surface area contributed by atoms with E-state index in [1.807, 2.05) is 6.07 Å². The van der Waals surface area contributed by atoms with Gasteiger partial charge in [0, 0.05) is 20.8 Å². The maximum Gasteiger partial charge on any atom is 0.112 e. The van der Waals surface area contributed by atoms with Crippen LogP contribution in [0, 0.1) is 5.92 Å². The molecule has 0 aromatic heterocycles. The Kier molecular flexibility index (Phi) is 4.60. The first-order valence-corrected chi connectivity index (χ1v) is 7.66. The van der Waals surface area contributed by atoms with Gasteiger partial charge in [-0.15, -0.1) is 0 Å². The van der Waals surface area contributed by atoms with Gasteiger partial charge < -0.3 is 19.3 Å². The Morgan fingerprint density at radius 3 is 2.48 bits per heavy atom. The van der Waals surface area contributed by atoms with Crippen molar-refractivity contribution >= 4 is 0 Å². The summed E-state index contributed by atoms with van der Waals surface area (Å²) in [4.78, 5) is 0. The molecule has 0 amide bonds. The number of rotatable bonds is 3. The van der Waals surface area contributed by atoms with E-state index in [0.717, 1.165) is 13.0 Å². The molecule has 1 N–H and O–H groups in total. The van der Waals surface area contributed by atoms with Gasteiger partial charge in [-0.05, 0) is 30.2 Å². The maximum atomic E-state index is 10.4. The second kappa shape index (κ2) is 6.44. The van der Waals surface area contributed by atoms with Crippen molar-refractivity contribution in [2.75, 3.05) is 20.8 Å². The summed E-state index contributed by atoms with van der Waals surface area (Å²) in [5, 5.41) is 10.4. The number of aliphatic hydroxyl groups excluding tert-OH is 1. The highest BCUT2D eigenvalue weighted by molar-refractivity contribution is 5.22. The molecule has 1 aromatic rings. The van der Waals surface area contributed by atoms with Crippen LogP contribution < -0.4 is 0 Å². The molecule has 1 aliphatic heterocycles. The van der Waals surface area contributed by atoms with Crippen LogP contribution in [0.3, 0.4) is 0 Å². The van der Waals surface area contributed by atoms with E-state index in [9.17, 15) is 5.11 Å². The summed E-state index contributed by atoms with van der Waals surface area (Å²) in [6.07, 6.45) is 0.645. The molecule has 2 aliphatic rings. The van der Waals surface area contributed by atoms with Gasteiger partial charge >= 0.3 is 0 Å². The normalized spacial score (nSPS) is 39.8. The molecular formula is C17H24O4. The maximum absolute atomic E-state index is 10.4. The van der Waals surface area contributed by atoms with Gasteiger partial charge in [-0.3, -0.25) is 0 Å². The Labute approximate surface area is 126 Å². The second-order valence-electron chi connectivity index (χ2n) is 6.01. The highest BCUT2D eigenvalue weighted by atomic mass is 16.6. The van der Waals surface area contributed by atoms with Crippen molar-refractivity contribution in [2.24, 2.45) is 5.92 Å². The summed E-state index contributed by atoms with van der Waals surface area (Å²) in [7, 11) is 3.29. The lowest BCUT2D eigenvalue weighted by molar-refractivity contribution is -0.210. The fourth-order valence-electron chi connectivity index (χ4n) is 4.03. The van der Waals surface area contributed by atoms with E-state index in [2.05, 4.69) is 24.3 Å². The van der Waals surface area contributed by atoms with Crippen LogP contribution in [0.15, 0.2) is 30.3 Å². The SMILES string of the molecule is CO[C@H]1[C@@H]2OCC[C@H](c3ccccc3)[C@H]2C[C@@H](O)[C@@H]1OC. The lowest BCUT2D eigenvalue weighted by atomic mass is 9.69. The molecule has 0 spiro atoms. The topological polar surface area (TPSA) is 47.9 Å². The molecule has 0 bridgehead atoms. The largest absolute Gasteiger partial charge is 0.390 e. The van der Waals surface area contributed by atoms with E-state index in [4.69, 9.17) is 14.2 Å². The Morgan fingerprint density at radius 1 is 1.10 bits per heavy atom. The Morgan fingerprint density at radius 2 is 1.81 bits per heavy atom. The van der Waals surface area contributed by atoms with E-state index in [-0.39, 0.29) is 24.2 Å². The first kappa shape index (κ1) is 15.0. The average Bonchev–Trinajstić information content (AvgIpc) is 2.53. The number of hydrogen-bond donors (Lipinski definition) is 1. The van der Waals surface area contributed by atoms with Crippen molar-refractivity contribution in [3.63, 3.8) is 0 Å². The minimum absolute atomic E-state index is 0.0118. The summed E-state index contributed by atoms with van der Waals surface area (Å²) >= 11 is 0. The third-order valence-corrected chi connectivity index (χ3v) is 4.99. The summed E-state index contributed by atoms with van der Waals surface area (Å²) in [6, 6.07) is 10.5. The van der Waals surface area contributed by atoms with Gasteiger partial charge in [-0.1, -0.05) is 30.3 Å². The summed E-state index contributed by atoms with van der Waals surface area (Å²) in [6.45, 7) is 0.729. The molecule has 6 atom stereocenters. The molecule has 1 saturated heterocycles. The molecule has 0 radical (unpaired) electrons. The first-order valence-electron chi connectivity index (χ1n) is 7.66. The summed E-state index contributed by atoms with van der Waals surface area (Å²) in [5.74, 6) is 0.683. The van der Waals surface area contributed by atoms with Crippen LogP contribution in [0.5, 0.6) is 0 Å². The first-order chi connectivity index (χ1) is 10.3. The molecule has 4 heteroatoms. The van der Waals surface area contributed by atoms with Crippen LogP contribution in [0.1, 0.15) is 24.3 Å². The molecule has 21 heavy (non-hydrogen) atoms. The van der Waals surface area contributed by atoms with Crippen LogP contribution in [0.4, 0.5) is 0 Å². The fourth-order valence-corrected chi connectivity index (χ4v) is 4.03. The van der Waals surface area contributed by atoms with Gasteiger partial charge in [0.1, 0.15) is 12.2 Å². The van der Waals surface area contributed by atoms with Crippen molar-refractivity contribution in [2.45, 2.75) is 43.2 Å². The van der Waals surface area contributed by atoms with E-state index >= 15 is 0 Å². The van der Waals surface area contributed by atoms with Crippen LogP contribution >= 0.6 is 0 Å². The fraction of sp³-hybridized carbons (Fsp3) is 0.647. The lowest BCUT2D eigenvalue weighted by Crippen LogP contribution is -2.58. The number of hydrogen-bond acceptors (Lipinski definition) is 4. The molecule has 116 valence electrons. The summed E-state index contributed by atoms with van der Waals surface area (Å²) < 4.78 is 17.1. The van der Waals surface area contributed by atoms with E-state index in [1.165, 1.54) is 5.56 Å². The van der Waals surface area contributed by atoms with Gasteiger partial charge in [0.25, 0.3) is 0 Å². The van der Waals surface area contributed by atoms with Crippen LogP contribution in [0.25, 0.3) is 0 Å². The molecule has 1 saturated carbocycles. The van der Waals surface area contributed by atoms with Gasteiger partial charge in [0.2, 0.25) is 0 Å². The molecule has 0 unspecified atom stereocenters. The second-order valence-corrected chi connectivity index (χ2v) is 6.01. The number of fused-ring (bicyclic) bond motifs is 1. The van der Waals surface area contributed by atoms with Gasteiger partial charge in [-0.2, -0.15) is 0 Å². The molecule has 3 rings (SSSR count). The monoisotopic (exact) mass is 292 g/mol. The van der Waals surface area contributed by atoms with Crippen molar-refractivity contribution in [3.05, 3.63) is 35.9 Å². The Hall–Kier alpha value is -0.940. The molecule has 1 aromatic carbocycles. The average molecular weight is 292 g/mol. The number of aliphatic hydroxyl groups is 1. The van der Waals surface area contributed by atoms with Gasteiger partial charge in [-0.25, -0.2) is 0 Å². The van der Waals surface area contributed by atoms with Crippen molar-refractivity contribution in [1.29, 1.82) is 0 Å². The number of benzene rings is 1. The third kappa shape index (κ3) is 2.73. The Balaban J connectivity index is 1.88. The lowest BCUT2D eigenvalue weighted by Gasteiger charge is -2.49. The minimum atomic E-state index is -0.505. The predicted octanol–water partition coefficient (Wildman–Crippen LogP) is 1.97. The van der Waals surface area contributed by atoms with E-state index in [1.54, 1.807) is 14.2 Å². The van der Waals surface area contributed by atoms with E-state index in [0.29, 0.717) is 12.3 Å². The third-order valence-electron chi connectivity index (χ3n) is 4.99. The quantitative estimate of drug-likeness (QED) is 0.925. The Bertz CT molecular complexity index is 449. The van der Waals surface area contributed by atoms with Crippen LogP contribution in [-0.2, 0) is 14.2 Å². The van der Waals surface area contributed by atoms with Gasteiger partial charge in [0.15, 0.2) is 0 Å². The van der Waals surface area contributed by atoms with Crippen molar-refractivity contribution in [3.8, 4) is 0 Å². The number of ether oxygens (including phenoxy) is 3. The van der Waals surface area contributed by atoms with Crippen molar-refractivity contribution in [1.82, 2.24) is 0 Å². The van der Waals surface area contributed by atoms with E-state index < -0.39 is 6.10 Å². The zero-order valence-electron chi connectivity index (χ0n) is 12.6. The highest BCUT2D eigenvalue weighted by Crippen LogP contribution is 2.44. The molecule has 2 fully saturated rings. The smallest absolute Gasteiger partial charge is 0.112 e. The highest BCUT2D eigenvalue weighted by Gasteiger charge is 2.50. The molecule has 1 heterocycles. The molecule has 4 nitrogen and oxygen atoms in total. The zero-order valence-corrected chi connectivity index (χ0v) is 12.6. The zero-order chi connectivity index (χ0) is 14.8. The summed E-state index contributed by atoms with van der Waals surface area (Å²) in [5.41, 5.74) is 1.33. The van der Waals surface area contributed by atoms with Crippen LogP contribution in [0.2, 0.25) is 0 Å². The molecular weight excluding hydrogens is 268 g/mol. The van der Waals surface area contributed by atoms with Crippen molar-refractivity contribution < 1.29 is 19.3 Å². The minimum Gasteiger partial charge on any atom is -0.390 e. The predicted molar refractivity (Wildman–Crippen MR) is 79.2 cm³/mol. The standard InChI is InChI=1S/C17H24O4/c1-19-16-14(18)10-13-12(11-6-4-3-5-7-11)8-9-21-15(13)17(16)20-2/h3-7,12-18H,8-10H2,1-2H3/t12-,13-,14-,15-,16+,17+/m1/s1. The van der Waals surface area contributed by atoms with Gasteiger partial charge in [0.05, 0.1) is 12.2 Å². The van der Waals surface area contributed by atoms with Crippen LogP contribution in [-0.4, -0.2) is 50.3 Å². The number of methoxy groups -OCH3 is 2.